The maximum Gasteiger partial charge on any atom is 0.441 e. The molecule has 0 saturated heterocycles. The number of nitrogens with one attached hydrogen (secondary N) is 2. The van der Waals surface area contributed by atoms with E-state index in [-0.39, 0.29) is 30.0 Å². The van der Waals surface area contributed by atoms with Gasteiger partial charge in [-0.25, -0.2) is 9.59 Å². The molecule has 106 valence electrons. The van der Waals surface area contributed by atoms with Crippen LogP contribution in [0.25, 0.3) is 0 Å². The van der Waals surface area contributed by atoms with Crippen molar-refractivity contribution in [2.75, 3.05) is 12.3 Å². The average molecular weight is 288 g/mol. The highest BCUT2D eigenvalue weighted by Gasteiger charge is 2.27. The zero-order chi connectivity index (χ0) is 14.3. The summed E-state index contributed by atoms with van der Waals surface area (Å²) < 4.78 is 35.3. The van der Waals surface area contributed by atoms with E-state index in [9.17, 15) is 22.8 Å². The van der Waals surface area contributed by atoms with Crippen LogP contribution in [0.4, 0.5) is 18.0 Å². The van der Waals surface area contributed by atoms with Crippen molar-refractivity contribution in [2.45, 2.75) is 25.4 Å². The molecule has 18 heavy (non-hydrogen) atoms. The molecule has 0 heterocycles. The maximum absolute atomic E-state index is 11.8. The third-order valence-electron chi connectivity index (χ3n) is 1.87. The zero-order valence-corrected chi connectivity index (χ0v) is 10.7. The Hall–Kier alpha value is -1.12. The number of rotatable bonds is 6. The van der Waals surface area contributed by atoms with Crippen LogP contribution in [0.5, 0.6) is 0 Å². The number of carboxylic acids is 1. The molecule has 3 N–H and O–H groups in total. The fraction of sp³-hybridized carbons (Fsp3) is 0.778. The van der Waals surface area contributed by atoms with Crippen molar-refractivity contribution in [3.63, 3.8) is 0 Å². The summed E-state index contributed by atoms with van der Waals surface area (Å²) >= 11 is -0.252. The second-order valence-electron chi connectivity index (χ2n) is 3.75. The van der Waals surface area contributed by atoms with E-state index in [0.717, 1.165) is 0 Å². The second-order valence-corrected chi connectivity index (χ2v) is 4.91. The van der Waals surface area contributed by atoms with Gasteiger partial charge in [0.1, 0.15) is 6.04 Å². The Morgan fingerprint density at radius 2 is 1.89 bits per heavy atom. The quantitative estimate of drug-likeness (QED) is 0.649. The number of aliphatic carboxylic acids is 1. The number of amides is 2. The number of thioether (sulfide) groups is 1. The van der Waals surface area contributed by atoms with Gasteiger partial charge in [-0.2, -0.15) is 13.2 Å². The summed E-state index contributed by atoms with van der Waals surface area (Å²) in [5, 5.41) is 13.1. The second kappa shape index (κ2) is 7.34. The molecule has 0 saturated carbocycles. The van der Waals surface area contributed by atoms with E-state index >= 15 is 0 Å². The van der Waals surface area contributed by atoms with Gasteiger partial charge in [0.05, 0.1) is 0 Å². The highest BCUT2D eigenvalue weighted by atomic mass is 32.2. The van der Waals surface area contributed by atoms with Gasteiger partial charge in [-0.1, -0.05) is 13.8 Å². The molecule has 9 heteroatoms. The van der Waals surface area contributed by atoms with E-state index in [1.54, 1.807) is 13.8 Å². The molecule has 0 aliphatic rings. The predicted molar refractivity (Wildman–Crippen MR) is 61.3 cm³/mol. The minimum absolute atomic E-state index is 0.194. The summed E-state index contributed by atoms with van der Waals surface area (Å²) in [4.78, 5) is 22.0. The fourth-order valence-corrected chi connectivity index (χ4v) is 1.47. The summed E-state index contributed by atoms with van der Waals surface area (Å²) in [5.41, 5.74) is -4.33. The standard InChI is InChI=1S/C9H15F3N2O3S/c1-5(2)6(7(15)16)14-8(17)13-3-4-18-9(10,11)12/h5-6H,3-4H2,1-2H3,(H,15,16)(H2,13,14,17). The van der Waals surface area contributed by atoms with Crippen LogP contribution in [0.1, 0.15) is 13.8 Å². The third kappa shape index (κ3) is 8.04. The molecule has 0 aliphatic heterocycles. The van der Waals surface area contributed by atoms with Gasteiger partial charge < -0.3 is 15.7 Å². The Bertz CT molecular complexity index is 297. The van der Waals surface area contributed by atoms with E-state index in [2.05, 4.69) is 10.6 Å². The van der Waals surface area contributed by atoms with Crippen LogP contribution in [0.3, 0.4) is 0 Å². The first-order valence-electron chi connectivity index (χ1n) is 5.11. The van der Waals surface area contributed by atoms with Gasteiger partial charge in [-0.05, 0) is 17.7 Å². The number of carbonyl (C=O) groups is 2. The van der Waals surface area contributed by atoms with Crippen LogP contribution in [-0.4, -0.2) is 41.0 Å². The van der Waals surface area contributed by atoms with E-state index < -0.39 is 23.6 Å². The predicted octanol–water partition coefficient (Wildman–Crippen LogP) is 1.65. The Kier molecular flexibility index (Phi) is 6.89. The molecule has 0 aromatic carbocycles. The number of hydrogen-bond acceptors (Lipinski definition) is 3. The Morgan fingerprint density at radius 3 is 2.28 bits per heavy atom. The number of hydrogen-bond donors (Lipinski definition) is 3. The van der Waals surface area contributed by atoms with Crippen LogP contribution in [0.2, 0.25) is 0 Å². The number of urea groups is 1. The van der Waals surface area contributed by atoms with Crippen molar-refractivity contribution >= 4 is 23.8 Å². The third-order valence-corrected chi connectivity index (χ3v) is 2.61. The normalized spacial score (nSPS) is 13.2. The monoisotopic (exact) mass is 288 g/mol. The van der Waals surface area contributed by atoms with E-state index in [4.69, 9.17) is 5.11 Å². The average Bonchev–Trinajstić information content (AvgIpc) is 2.18. The molecule has 1 atom stereocenters. The highest BCUT2D eigenvalue weighted by Crippen LogP contribution is 2.29. The van der Waals surface area contributed by atoms with Crippen LogP contribution in [0.15, 0.2) is 0 Å². The van der Waals surface area contributed by atoms with E-state index in [0.29, 0.717) is 0 Å². The van der Waals surface area contributed by atoms with Gasteiger partial charge in [0.25, 0.3) is 0 Å². The number of carbonyl (C=O) groups excluding carboxylic acids is 1. The lowest BCUT2D eigenvalue weighted by atomic mass is 10.1. The zero-order valence-electron chi connectivity index (χ0n) is 9.87. The lowest BCUT2D eigenvalue weighted by Gasteiger charge is -2.18. The number of alkyl halides is 3. The highest BCUT2D eigenvalue weighted by molar-refractivity contribution is 8.00. The SMILES string of the molecule is CC(C)C(NC(=O)NCCSC(F)(F)F)C(=O)O. The molecule has 0 fully saturated rings. The summed E-state index contributed by atoms with van der Waals surface area (Å²) in [6.07, 6.45) is 0. The smallest absolute Gasteiger partial charge is 0.441 e. The van der Waals surface area contributed by atoms with E-state index in [1.807, 2.05) is 0 Å². The summed E-state index contributed by atoms with van der Waals surface area (Å²) in [6, 6.07) is -1.86. The molecule has 5 nitrogen and oxygen atoms in total. The largest absolute Gasteiger partial charge is 0.480 e. The molecular weight excluding hydrogens is 273 g/mol. The van der Waals surface area contributed by atoms with Crippen LogP contribution in [-0.2, 0) is 4.79 Å². The Labute approximate surface area is 106 Å². The molecular formula is C9H15F3N2O3S. The van der Waals surface area contributed by atoms with Gasteiger partial charge in [0.2, 0.25) is 0 Å². The molecule has 0 spiro atoms. The van der Waals surface area contributed by atoms with Gasteiger partial charge in [-0.15, -0.1) is 0 Å². The summed E-state index contributed by atoms with van der Waals surface area (Å²) in [7, 11) is 0. The molecule has 0 aromatic heterocycles. The van der Waals surface area contributed by atoms with Gasteiger partial charge in [0.15, 0.2) is 0 Å². The number of halogens is 3. The molecule has 2 amide bonds. The Morgan fingerprint density at radius 1 is 1.33 bits per heavy atom. The van der Waals surface area contributed by atoms with E-state index in [1.165, 1.54) is 0 Å². The van der Waals surface area contributed by atoms with Crippen LogP contribution in [0, 0.1) is 5.92 Å². The van der Waals surface area contributed by atoms with Gasteiger partial charge in [-0.3, -0.25) is 0 Å². The first-order valence-corrected chi connectivity index (χ1v) is 6.10. The summed E-state index contributed by atoms with van der Waals surface area (Å²) in [5.74, 6) is -1.83. The van der Waals surface area contributed by atoms with Crippen molar-refractivity contribution < 1.29 is 27.9 Å². The molecule has 0 bridgehead atoms. The topological polar surface area (TPSA) is 78.4 Å². The van der Waals surface area contributed by atoms with Crippen LogP contribution >= 0.6 is 11.8 Å². The van der Waals surface area contributed by atoms with Gasteiger partial charge >= 0.3 is 17.5 Å². The number of carboxylic acid groups (broad SMARTS) is 1. The van der Waals surface area contributed by atoms with Crippen molar-refractivity contribution in [1.29, 1.82) is 0 Å². The molecule has 0 aromatic rings. The Balaban J connectivity index is 3.93. The van der Waals surface area contributed by atoms with Crippen molar-refractivity contribution in [1.82, 2.24) is 10.6 Å². The molecule has 1 unspecified atom stereocenters. The lowest BCUT2D eigenvalue weighted by Crippen LogP contribution is -2.49. The summed E-state index contributed by atoms with van der Waals surface area (Å²) in [6.45, 7) is 3.03. The van der Waals surface area contributed by atoms with Crippen molar-refractivity contribution in [3.05, 3.63) is 0 Å². The van der Waals surface area contributed by atoms with Crippen molar-refractivity contribution in [3.8, 4) is 0 Å². The fourth-order valence-electron chi connectivity index (χ4n) is 1.04. The van der Waals surface area contributed by atoms with Crippen molar-refractivity contribution in [2.24, 2.45) is 5.92 Å². The first-order chi connectivity index (χ1) is 8.13. The lowest BCUT2D eigenvalue weighted by molar-refractivity contribution is -0.140. The maximum atomic E-state index is 11.8. The van der Waals surface area contributed by atoms with Gasteiger partial charge in [0, 0.05) is 12.3 Å². The minimum Gasteiger partial charge on any atom is -0.480 e. The molecule has 0 aliphatic carbocycles. The molecule has 0 radical (unpaired) electrons. The molecule has 0 rings (SSSR count). The van der Waals surface area contributed by atoms with Crippen LogP contribution < -0.4 is 10.6 Å². The first kappa shape index (κ1) is 16.9. The minimum atomic E-state index is -4.33.